The van der Waals surface area contributed by atoms with Crippen LogP contribution in [0.1, 0.15) is 17.9 Å². The summed E-state index contributed by atoms with van der Waals surface area (Å²) in [7, 11) is 0. The minimum Gasteiger partial charge on any atom is -0.207 e. The van der Waals surface area contributed by atoms with E-state index in [1.807, 2.05) is 0 Å². The summed E-state index contributed by atoms with van der Waals surface area (Å²) in [6.45, 7) is 1.69. The van der Waals surface area contributed by atoms with Gasteiger partial charge >= 0.3 is 0 Å². The predicted octanol–water partition coefficient (Wildman–Crippen LogP) is 3.78. The fourth-order valence-electron chi connectivity index (χ4n) is 0.891. The first-order valence-corrected chi connectivity index (χ1v) is 4.02. The third-order valence-corrected chi connectivity index (χ3v) is 1.95. The Bertz CT molecular complexity index is 238. The molecule has 11 heavy (non-hydrogen) atoms. The van der Waals surface area contributed by atoms with Gasteiger partial charge in [0, 0.05) is 10.6 Å². The molecule has 0 aromatic heterocycles. The first-order chi connectivity index (χ1) is 5.13. The van der Waals surface area contributed by atoms with Gasteiger partial charge in [-0.05, 0) is 19.1 Å². The van der Waals surface area contributed by atoms with Crippen molar-refractivity contribution in [3.8, 4) is 0 Å². The lowest BCUT2D eigenvalue weighted by Crippen LogP contribution is -1.90. The average Bonchev–Trinajstić information content (AvgIpc) is 1.85. The zero-order valence-electron chi connectivity index (χ0n) is 5.94. The Morgan fingerprint density at radius 2 is 2.09 bits per heavy atom. The van der Waals surface area contributed by atoms with Crippen molar-refractivity contribution in [3.63, 3.8) is 0 Å². The van der Waals surface area contributed by atoms with E-state index in [4.69, 9.17) is 23.2 Å². The molecule has 0 saturated heterocycles. The topological polar surface area (TPSA) is 0 Å². The zero-order chi connectivity index (χ0) is 8.43. The quantitative estimate of drug-likeness (QED) is 0.595. The normalized spacial score (nSPS) is 13.1. The number of benzene rings is 1. The third kappa shape index (κ3) is 1.85. The van der Waals surface area contributed by atoms with Gasteiger partial charge in [-0.3, -0.25) is 0 Å². The molecule has 0 saturated carbocycles. The Kier molecular flexibility index (Phi) is 2.74. The molecular formula is C8H7Cl2F. The maximum atomic E-state index is 12.9. The van der Waals surface area contributed by atoms with E-state index in [0.29, 0.717) is 10.6 Å². The van der Waals surface area contributed by atoms with Crippen LogP contribution in [0, 0.1) is 5.82 Å². The molecule has 0 aliphatic heterocycles. The highest BCUT2D eigenvalue weighted by Gasteiger charge is 2.11. The van der Waals surface area contributed by atoms with Crippen LogP contribution in [0.15, 0.2) is 18.2 Å². The molecule has 0 heterocycles. The van der Waals surface area contributed by atoms with Crippen LogP contribution in [-0.4, -0.2) is 0 Å². The molecule has 0 amide bonds. The molecule has 1 unspecified atom stereocenters. The second-order valence-electron chi connectivity index (χ2n) is 2.25. The minimum atomic E-state index is -0.385. The Balaban J connectivity index is 3.21. The van der Waals surface area contributed by atoms with Gasteiger partial charge in [-0.1, -0.05) is 17.7 Å². The molecule has 0 radical (unpaired) electrons. The Morgan fingerprint density at radius 1 is 1.45 bits per heavy atom. The molecule has 0 bridgehead atoms. The standard InChI is InChI=1S/C8H7Cl2F/c1-5(9)8-6(10)3-2-4-7(8)11/h2-5H,1H3. The summed E-state index contributed by atoms with van der Waals surface area (Å²) in [6, 6.07) is 4.53. The van der Waals surface area contributed by atoms with Crippen molar-refractivity contribution in [3.05, 3.63) is 34.6 Å². The highest BCUT2D eigenvalue weighted by molar-refractivity contribution is 6.32. The molecule has 0 fully saturated rings. The van der Waals surface area contributed by atoms with E-state index < -0.39 is 0 Å². The van der Waals surface area contributed by atoms with E-state index in [1.54, 1.807) is 19.1 Å². The van der Waals surface area contributed by atoms with Crippen LogP contribution in [0.2, 0.25) is 5.02 Å². The van der Waals surface area contributed by atoms with Crippen LogP contribution in [0.25, 0.3) is 0 Å². The molecule has 0 aliphatic carbocycles. The number of hydrogen-bond acceptors (Lipinski definition) is 0. The van der Waals surface area contributed by atoms with Crippen molar-refractivity contribution in [2.45, 2.75) is 12.3 Å². The van der Waals surface area contributed by atoms with Gasteiger partial charge in [-0.25, -0.2) is 4.39 Å². The van der Waals surface area contributed by atoms with Crippen LogP contribution < -0.4 is 0 Å². The van der Waals surface area contributed by atoms with Crippen LogP contribution in [-0.2, 0) is 0 Å². The van der Waals surface area contributed by atoms with E-state index in [-0.39, 0.29) is 11.2 Å². The largest absolute Gasteiger partial charge is 0.207 e. The van der Waals surface area contributed by atoms with Crippen molar-refractivity contribution in [1.29, 1.82) is 0 Å². The fourth-order valence-corrected chi connectivity index (χ4v) is 1.50. The summed E-state index contributed by atoms with van der Waals surface area (Å²) in [4.78, 5) is 0. The van der Waals surface area contributed by atoms with Crippen molar-refractivity contribution in [2.24, 2.45) is 0 Å². The first kappa shape index (κ1) is 8.82. The molecule has 3 heteroatoms. The van der Waals surface area contributed by atoms with Crippen LogP contribution >= 0.6 is 23.2 Å². The first-order valence-electron chi connectivity index (χ1n) is 3.21. The minimum absolute atomic E-state index is 0.347. The summed E-state index contributed by atoms with van der Waals surface area (Å²) >= 11 is 11.4. The van der Waals surface area contributed by atoms with Gasteiger partial charge in [0.2, 0.25) is 0 Å². The molecule has 0 aliphatic rings. The predicted molar refractivity (Wildman–Crippen MR) is 45.7 cm³/mol. The Hall–Kier alpha value is -0.270. The molecule has 0 N–H and O–H groups in total. The summed E-state index contributed by atoms with van der Waals surface area (Å²) in [6.07, 6.45) is 0. The molecule has 1 aromatic rings. The molecule has 60 valence electrons. The van der Waals surface area contributed by atoms with Crippen molar-refractivity contribution in [1.82, 2.24) is 0 Å². The van der Waals surface area contributed by atoms with E-state index in [1.165, 1.54) is 6.07 Å². The molecule has 1 aromatic carbocycles. The van der Waals surface area contributed by atoms with Gasteiger partial charge in [0.25, 0.3) is 0 Å². The maximum absolute atomic E-state index is 12.9. The summed E-state index contributed by atoms with van der Waals surface area (Å²) in [5.41, 5.74) is 0.371. The smallest absolute Gasteiger partial charge is 0.129 e. The van der Waals surface area contributed by atoms with E-state index in [9.17, 15) is 4.39 Å². The highest BCUT2D eigenvalue weighted by Crippen LogP contribution is 2.29. The highest BCUT2D eigenvalue weighted by atomic mass is 35.5. The summed E-state index contributed by atoms with van der Waals surface area (Å²) in [5, 5.41) is -0.00352. The van der Waals surface area contributed by atoms with Crippen LogP contribution in [0.5, 0.6) is 0 Å². The second-order valence-corrected chi connectivity index (χ2v) is 3.31. The Morgan fingerprint density at radius 3 is 2.45 bits per heavy atom. The summed E-state index contributed by atoms with van der Waals surface area (Å²) in [5.74, 6) is -0.347. The van der Waals surface area contributed by atoms with Crippen molar-refractivity contribution < 1.29 is 4.39 Å². The molecular weight excluding hydrogens is 186 g/mol. The lowest BCUT2D eigenvalue weighted by atomic mass is 10.1. The van der Waals surface area contributed by atoms with E-state index >= 15 is 0 Å². The second kappa shape index (κ2) is 3.42. The molecule has 0 nitrogen and oxygen atoms in total. The van der Waals surface area contributed by atoms with Gasteiger partial charge < -0.3 is 0 Å². The lowest BCUT2D eigenvalue weighted by molar-refractivity contribution is 0.610. The van der Waals surface area contributed by atoms with Gasteiger partial charge in [0.1, 0.15) is 5.82 Å². The summed E-state index contributed by atoms with van der Waals surface area (Å²) < 4.78 is 12.9. The molecule has 1 rings (SSSR count). The lowest BCUT2D eigenvalue weighted by Gasteiger charge is -2.06. The number of rotatable bonds is 1. The van der Waals surface area contributed by atoms with Gasteiger partial charge in [0.15, 0.2) is 0 Å². The number of halogens is 3. The number of hydrogen-bond donors (Lipinski definition) is 0. The van der Waals surface area contributed by atoms with Crippen molar-refractivity contribution in [2.75, 3.05) is 0 Å². The van der Waals surface area contributed by atoms with E-state index in [2.05, 4.69) is 0 Å². The van der Waals surface area contributed by atoms with Gasteiger partial charge in [-0.15, -0.1) is 11.6 Å². The molecule has 0 spiro atoms. The van der Waals surface area contributed by atoms with Crippen LogP contribution in [0.3, 0.4) is 0 Å². The zero-order valence-corrected chi connectivity index (χ0v) is 7.46. The number of alkyl halides is 1. The average molecular weight is 193 g/mol. The van der Waals surface area contributed by atoms with E-state index in [0.717, 1.165) is 0 Å². The SMILES string of the molecule is CC(Cl)c1c(F)cccc1Cl. The molecule has 1 atom stereocenters. The van der Waals surface area contributed by atoms with Crippen LogP contribution in [0.4, 0.5) is 4.39 Å². The van der Waals surface area contributed by atoms with Crippen molar-refractivity contribution >= 4 is 23.2 Å². The van der Waals surface area contributed by atoms with Gasteiger partial charge in [0.05, 0.1) is 5.38 Å². The maximum Gasteiger partial charge on any atom is 0.129 e. The Labute approximate surface area is 74.9 Å². The fraction of sp³-hybridized carbons (Fsp3) is 0.250. The third-order valence-electron chi connectivity index (χ3n) is 1.40. The monoisotopic (exact) mass is 192 g/mol. The van der Waals surface area contributed by atoms with Gasteiger partial charge in [-0.2, -0.15) is 0 Å².